The van der Waals surface area contributed by atoms with E-state index in [1.54, 1.807) is 0 Å². The second kappa shape index (κ2) is 3.85. The predicted octanol–water partition coefficient (Wildman–Crippen LogP) is 0.850. The van der Waals surface area contributed by atoms with Gasteiger partial charge in [0.2, 0.25) is 0 Å². The maximum atomic E-state index is 13.2. The zero-order valence-electron chi connectivity index (χ0n) is 9.11. The lowest BCUT2D eigenvalue weighted by Crippen LogP contribution is -2.44. The van der Waals surface area contributed by atoms with Gasteiger partial charge in [-0.15, -0.1) is 0 Å². The summed E-state index contributed by atoms with van der Waals surface area (Å²) in [6, 6.07) is 0. The average molecular weight is 202 g/mol. The van der Waals surface area contributed by atoms with E-state index >= 15 is 0 Å². The van der Waals surface area contributed by atoms with Crippen LogP contribution in [-0.4, -0.2) is 31.2 Å². The van der Waals surface area contributed by atoms with Gasteiger partial charge in [0.15, 0.2) is 5.67 Å². The number of halogens is 1. The van der Waals surface area contributed by atoms with Crippen LogP contribution in [0.5, 0.6) is 0 Å². The molecular formula is C10H19FN2O. The van der Waals surface area contributed by atoms with Crippen molar-refractivity contribution in [3.8, 4) is 0 Å². The minimum absolute atomic E-state index is 0.0842. The minimum atomic E-state index is -1.78. The van der Waals surface area contributed by atoms with Gasteiger partial charge in [0.25, 0.3) is 5.91 Å². The third-order valence-electron chi connectivity index (χ3n) is 2.67. The van der Waals surface area contributed by atoms with Crippen LogP contribution in [-0.2, 0) is 4.79 Å². The molecule has 0 aliphatic carbocycles. The van der Waals surface area contributed by atoms with E-state index < -0.39 is 11.6 Å². The van der Waals surface area contributed by atoms with Crippen LogP contribution in [0.25, 0.3) is 0 Å². The first-order valence-corrected chi connectivity index (χ1v) is 5.01. The number of rotatable bonds is 3. The van der Waals surface area contributed by atoms with E-state index in [0.29, 0.717) is 6.54 Å². The highest BCUT2D eigenvalue weighted by Gasteiger charge is 2.32. The molecule has 1 amide bonds. The lowest BCUT2D eigenvalue weighted by atomic mass is 9.89. The van der Waals surface area contributed by atoms with Crippen molar-refractivity contribution in [1.82, 2.24) is 10.6 Å². The molecule has 0 radical (unpaired) electrons. The Labute approximate surface area is 84.4 Å². The molecule has 4 heteroatoms. The summed E-state index contributed by atoms with van der Waals surface area (Å²) in [5, 5.41) is 5.88. The van der Waals surface area contributed by atoms with Crippen molar-refractivity contribution in [3.05, 3.63) is 0 Å². The third kappa shape index (κ3) is 2.94. The van der Waals surface area contributed by atoms with Crippen LogP contribution in [0.4, 0.5) is 4.39 Å². The fourth-order valence-electron chi connectivity index (χ4n) is 1.52. The fourth-order valence-corrected chi connectivity index (χ4v) is 1.52. The first-order valence-electron chi connectivity index (χ1n) is 5.01. The van der Waals surface area contributed by atoms with Gasteiger partial charge in [0.05, 0.1) is 0 Å². The van der Waals surface area contributed by atoms with Gasteiger partial charge in [-0.25, -0.2) is 4.39 Å². The SMILES string of the molecule is CC1(CNC(=O)C(C)(C)F)CCNC1. The van der Waals surface area contributed by atoms with Crippen LogP contribution in [0.3, 0.4) is 0 Å². The molecule has 0 aromatic rings. The molecule has 1 fully saturated rings. The van der Waals surface area contributed by atoms with E-state index in [9.17, 15) is 9.18 Å². The number of amides is 1. The van der Waals surface area contributed by atoms with Crippen LogP contribution >= 0.6 is 0 Å². The molecule has 0 aromatic heterocycles. The van der Waals surface area contributed by atoms with Gasteiger partial charge in [0, 0.05) is 13.1 Å². The van der Waals surface area contributed by atoms with E-state index in [2.05, 4.69) is 17.6 Å². The molecule has 1 saturated heterocycles. The first kappa shape index (κ1) is 11.4. The summed E-state index contributed by atoms with van der Waals surface area (Å²) in [6.07, 6.45) is 1.03. The van der Waals surface area contributed by atoms with Gasteiger partial charge in [-0.05, 0) is 32.2 Å². The molecule has 82 valence electrons. The Morgan fingerprint density at radius 1 is 1.64 bits per heavy atom. The summed E-state index contributed by atoms with van der Waals surface area (Å²) in [6.45, 7) is 7.06. The van der Waals surface area contributed by atoms with Crippen LogP contribution in [0.2, 0.25) is 0 Å². The Bertz CT molecular complexity index is 217. The molecule has 3 nitrogen and oxygen atoms in total. The molecule has 1 atom stereocenters. The fraction of sp³-hybridized carbons (Fsp3) is 0.900. The van der Waals surface area contributed by atoms with Gasteiger partial charge in [-0.2, -0.15) is 0 Å². The smallest absolute Gasteiger partial charge is 0.257 e. The molecule has 0 bridgehead atoms. The van der Waals surface area contributed by atoms with E-state index in [0.717, 1.165) is 19.5 Å². The largest absolute Gasteiger partial charge is 0.353 e. The first-order chi connectivity index (χ1) is 6.33. The van der Waals surface area contributed by atoms with Crippen molar-refractivity contribution >= 4 is 5.91 Å². The molecule has 0 spiro atoms. The summed E-state index contributed by atoms with van der Waals surface area (Å²) < 4.78 is 13.2. The lowest BCUT2D eigenvalue weighted by Gasteiger charge is -2.24. The molecule has 1 aliphatic heterocycles. The molecular weight excluding hydrogens is 183 g/mol. The van der Waals surface area contributed by atoms with E-state index in [1.165, 1.54) is 13.8 Å². The highest BCUT2D eigenvalue weighted by atomic mass is 19.1. The van der Waals surface area contributed by atoms with Crippen LogP contribution < -0.4 is 10.6 Å². The molecule has 14 heavy (non-hydrogen) atoms. The molecule has 1 unspecified atom stereocenters. The van der Waals surface area contributed by atoms with Crippen molar-refractivity contribution < 1.29 is 9.18 Å². The quantitative estimate of drug-likeness (QED) is 0.712. The maximum absolute atomic E-state index is 13.2. The summed E-state index contributed by atoms with van der Waals surface area (Å²) >= 11 is 0. The van der Waals surface area contributed by atoms with Gasteiger partial charge in [-0.3, -0.25) is 4.79 Å². The molecule has 1 rings (SSSR count). The number of carbonyl (C=O) groups is 1. The topological polar surface area (TPSA) is 41.1 Å². The second-order valence-electron chi connectivity index (χ2n) is 4.89. The van der Waals surface area contributed by atoms with Crippen molar-refractivity contribution in [2.45, 2.75) is 32.9 Å². The number of hydrogen-bond acceptors (Lipinski definition) is 2. The average Bonchev–Trinajstić information content (AvgIpc) is 2.47. The predicted molar refractivity (Wildman–Crippen MR) is 53.8 cm³/mol. The molecule has 1 aliphatic rings. The van der Waals surface area contributed by atoms with Crippen molar-refractivity contribution in [3.63, 3.8) is 0 Å². The van der Waals surface area contributed by atoms with Crippen molar-refractivity contribution in [1.29, 1.82) is 0 Å². The summed E-state index contributed by atoms with van der Waals surface area (Å²) in [7, 11) is 0. The summed E-state index contributed by atoms with van der Waals surface area (Å²) in [4.78, 5) is 11.3. The summed E-state index contributed by atoms with van der Waals surface area (Å²) in [5.41, 5.74) is -1.69. The van der Waals surface area contributed by atoms with E-state index in [4.69, 9.17) is 0 Å². The molecule has 0 saturated carbocycles. The zero-order valence-corrected chi connectivity index (χ0v) is 9.11. The number of carbonyl (C=O) groups excluding carboxylic acids is 1. The molecule has 2 N–H and O–H groups in total. The van der Waals surface area contributed by atoms with Crippen LogP contribution in [0.1, 0.15) is 27.2 Å². The molecule has 1 heterocycles. The minimum Gasteiger partial charge on any atom is -0.353 e. The van der Waals surface area contributed by atoms with E-state index in [1.807, 2.05) is 0 Å². The highest BCUT2D eigenvalue weighted by molar-refractivity contribution is 5.84. The van der Waals surface area contributed by atoms with Gasteiger partial charge in [-0.1, -0.05) is 6.92 Å². The van der Waals surface area contributed by atoms with Gasteiger partial charge < -0.3 is 10.6 Å². The van der Waals surface area contributed by atoms with Crippen molar-refractivity contribution in [2.24, 2.45) is 5.41 Å². The van der Waals surface area contributed by atoms with Gasteiger partial charge in [0.1, 0.15) is 0 Å². The Morgan fingerprint density at radius 2 is 2.29 bits per heavy atom. The zero-order chi connectivity index (χ0) is 10.8. The monoisotopic (exact) mass is 202 g/mol. The summed E-state index contributed by atoms with van der Waals surface area (Å²) in [5.74, 6) is -0.523. The van der Waals surface area contributed by atoms with Crippen LogP contribution in [0, 0.1) is 5.41 Å². The van der Waals surface area contributed by atoms with E-state index in [-0.39, 0.29) is 5.41 Å². The van der Waals surface area contributed by atoms with Gasteiger partial charge >= 0.3 is 0 Å². The second-order valence-corrected chi connectivity index (χ2v) is 4.89. The Kier molecular flexibility index (Phi) is 3.14. The number of hydrogen-bond donors (Lipinski definition) is 2. The Hall–Kier alpha value is -0.640. The third-order valence-corrected chi connectivity index (χ3v) is 2.67. The number of alkyl halides is 1. The van der Waals surface area contributed by atoms with Crippen LogP contribution in [0.15, 0.2) is 0 Å². The lowest BCUT2D eigenvalue weighted by molar-refractivity contribution is -0.131. The normalized spacial score (nSPS) is 27.7. The molecule has 0 aromatic carbocycles. The highest BCUT2D eigenvalue weighted by Crippen LogP contribution is 2.23. The Morgan fingerprint density at radius 3 is 2.71 bits per heavy atom. The number of nitrogens with one attached hydrogen (secondary N) is 2. The maximum Gasteiger partial charge on any atom is 0.257 e. The standard InChI is InChI=1S/C10H19FN2O/c1-9(2,11)8(14)13-7-10(3)4-5-12-6-10/h12H,4-7H2,1-3H3,(H,13,14). The van der Waals surface area contributed by atoms with Crippen molar-refractivity contribution in [2.75, 3.05) is 19.6 Å². The Balaban J connectivity index is 2.37.